The Bertz CT molecular complexity index is 1530. The van der Waals surface area contributed by atoms with Crippen LogP contribution in [0, 0.1) is 18.8 Å². The van der Waals surface area contributed by atoms with Gasteiger partial charge in [0.15, 0.2) is 0 Å². The largest absolute Gasteiger partial charge is 0.461 e. The first kappa shape index (κ1) is 39.6. The van der Waals surface area contributed by atoms with Crippen LogP contribution < -0.4 is 21.3 Å². The minimum Gasteiger partial charge on any atom is -0.461 e. The fourth-order valence-electron chi connectivity index (χ4n) is 5.63. The lowest BCUT2D eigenvalue weighted by Gasteiger charge is -2.23. The molecule has 0 saturated heterocycles. The van der Waals surface area contributed by atoms with E-state index in [1.807, 2.05) is 81.4 Å². The third kappa shape index (κ3) is 13.9. The quantitative estimate of drug-likeness (QED) is 0.107. The van der Waals surface area contributed by atoms with Gasteiger partial charge in [-0.05, 0) is 73.8 Å². The van der Waals surface area contributed by atoms with E-state index in [9.17, 15) is 19.2 Å². The second kappa shape index (κ2) is 20.0. The lowest BCUT2D eigenvalue weighted by Crippen LogP contribution is -2.46. The monoisotopic (exact) mass is 686 g/mol. The fourth-order valence-corrected chi connectivity index (χ4v) is 5.63. The molecule has 4 amide bonds. The van der Waals surface area contributed by atoms with E-state index in [1.54, 1.807) is 18.2 Å². The van der Waals surface area contributed by atoms with Crippen molar-refractivity contribution in [3.8, 4) is 0 Å². The van der Waals surface area contributed by atoms with Crippen molar-refractivity contribution in [3.63, 3.8) is 0 Å². The number of rotatable bonds is 17. The van der Waals surface area contributed by atoms with E-state index >= 15 is 0 Å². The molecule has 0 fully saturated rings. The normalized spacial score (nSPS) is 13.5. The molecule has 0 bridgehead atoms. The van der Waals surface area contributed by atoms with Crippen LogP contribution in [0.25, 0.3) is 0 Å². The number of carbonyl (C=O) groups is 4. The van der Waals surface area contributed by atoms with E-state index in [2.05, 4.69) is 49.0 Å². The van der Waals surface area contributed by atoms with E-state index in [4.69, 9.17) is 9.47 Å². The first-order valence-electron chi connectivity index (χ1n) is 17.6. The van der Waals surface area contributed by atoms with Gasteiger partial charge in [-0.2, -0.15) is 0 Å². The molecule has 0 aliphatic rings. The second-order valence-corrected chi connectivity index (χ2v) is 13.7. The molecule has 0 saturated carbocycles. The zero-order chi connectivity index (χ0) is 36.6. The number of nitrogens with one attached hydrogen (secondary N) is 4. The Kier molecular flexibility index (Phi) is 15.8. The number of urea groups is 2. The van der Waals surface area contributed by atoms with Crippen LogP contribution >= 0.6 is 0 Å². The van der Waals surface area contributed by atoms with Gasteiger partial charge in [0.25, 0.3) is 0 Å². The average molecular weight is 687 g/mol. The molecule has 0 aliphatic heterocycles. The van der Waals surface area contributed by atoms with E-state index in [0.29, 0.717) is 36.1 Å². The molecule has 3 rings (SSSR count). The van der Waals surface area contributed by atoms with Crippen LogP contribution in [-0.4, -0.2) is 48.3 Å². The first-order valence-corrected chi connectivity index (χ1v) is 17.6. The van der Waals surface area contributed by atoms with Crippen molar-refractivity contribution < 1.29 is 28.7 Å². The summed E-state index contributed by atoms with van der Waals surface area (Å²) in [5.74, 6) is -0.315. The van der Waals surface area contributed by atoms with Gasteiger partial charge in [0.1, 0.15) is 18.2 Å². The average Bonchev–Trinajstić information content (AvgIpc) is 3.05. The first-order chi connectivity index (χ1) is 23.8. The SMILES string of the molecule is CCC(CC(C)C)OC(=O)[C@H](Cc1ccccc1)NC(=O)Nc1ccc(C)c(NC(=O)N[C@@H](Cc2ccccc2)C(=O)OC(C)CC(C)C)c1. The summed E-state index contributed by atoms with van der Waals surface area (Å²) in [4.78, 5) is 53.0. The molecule has 10 nitrogen and oxygen atoms in total. The highest BCUT2D eigenvalue weighted by molar-refractivity contribution is 5.96. The third-order valence-corrected chi connectivity index (χ3v) is 8.08. The van der Waals surface area contributed by atoms with E-state index in [0.717, 1.165) is 23.1 Å². The van der Waals surface area contributed by atoms with Crippen LogP contribution in [-0.2, 0) is 31.9 Å². The topological polar surface area (TPSA) is 135 Å². The Hall–Kier alpha value is -4.86. The van der Waals surface area contributed by atoms with Crippen molar-refractivity contribution >= 4 is 35.4 Å². The highest BCUT2D eigenvalue weighted by atomic mass is 16.5. The van der Waals surface area contributed by atoms with Crippen LogP contribution in [0.15, 0.2) is 78.9 Å². The molecular formula is C40H54N4O6. The molecule has 4 atom stereocenters. The smallest absolute Gasteiger partial charge is 0.329 e. The molecule has 270 valence electrons. The van der Waals surface area contributed by atoms with Crippen LogP contribution in [0.2, 0.25) is 0 Å². The van der Waals surface area contributed by atoms with E-state index < -0.39 is 36.1 Å². The van der Waals surface area contributed by atoms with Gasteiger partial charge >= 0.3 is 24.0 Å². The van der Waals surface area contributed by atoms with E-state index in [1.165, 1.54) is 0 Å². The maximum atomic E-state index is 13.3. The maximum absolute atomic E-state index is 13.3. The number of aryl methyl sites for hydroxylation is 1. The summed E-state index contributed by atoms with van der Waals surface area (Å²) < 4.78 is 11.5. The van der Waals surface area contributed by atoms with Gasteiger partial charge < -0.3 is 30.7 Å². The lowest BCUT2D eigenvalue weighted by molar-refractivity contribution is -0.152. The minimum atomic E-state index is -0.923. The highest BCUT2D eigenvalue weighted by Crippen LogP contribution is 2.21. The van der Waals surface area contributed by atoms with Crippen molar-refractivity contribution in [2.75, 3.05) is 10.6 Å². The van der Waals surface area contributed by atoms with Gasteiger partial charge in [-0.15, -0.1) is 0 Å². The van der Waals surface area contributed by atoms with Crippen LogP contribution in [0.1, 0.15) is 77.5 Å². The van der Waals surface area contributed by atoms with Crippen molar-refractivity contribution in [1.82, 2.24) is 10.6 Å². The predicted octanol–water partition coefficient (Wildman–Crippen LogP) is 7.81. The number of anilines is 2. The summed E-state index contributed by atoms with van der Waals surface area (Å²) in [6, 6.07) is 20.9. The van der Waals surface area contributed by atoms with Crippen LogP contribution in [0.4, 0.5) is 21.0 Å². The lowest BCUT2D eigenvalue weighted by atomic mass is 10.0. The summed E-state index contributed by atoms with van der Waals surface area (Å²) in [6.07, 6.45) is 2.06. The number of ether oxygens (including phenoxy) is 2. The molecular weight excluding hydrogens is 632 g/mol. The van der Waals surface area contributed by atoms with Gasteiger partial charge in [-0.1, -0.05) is 101 Å². The standard InChI is InChI=1S/C40H54N4O6/c1-8-33(22-27(4)5)50-38(46)36(24-31-17-13-10-14-18-31)43-39(47)41-32-20-19-28(6)34(25-32)42-40(48)44-35(23-30-15-11-9-12-16-30)37(45)49-29(7)21-26(2)3/h9-20,25-27,29,33,35-36H,8,21-24H2,1-7H3,(H2,41,43,47)(H2,42,44,48)/t29?,33?,35-,36-/m0/s1. The van der Waals surface area contributed by atoms with Gasteiger partial charge in [-0.25, -0.2) is 19.2 Å². The molecule has 0 aliphatic carbocycles. The summed E-state index contributed by atoms with van der Waals surface area (Å²) in [7, 11) is 0. The Labute approximate surface area is 297 Å². The molecule has 0 aromatic heterocycles. The summed E-state index contributed by atoms with van der Waals surface area (Å²) >= 11 is 0. The number of esters is 2. The van der Waals surface area contributed by atoms with Crippen LogP contribution in [0.3, 0.4) is 0 Å². The summed E-state index contributed by atoms with van der Waals surface area (Å²) in [5, 5.41) is 11.2. The Morgan fingerprint density at radius 1 is 0.640 bits per heavy atom. The number of benzene rings is 3. The zero-order valence-electron chi connectivity index (χ0n) is 30.5. The minimum absolute atomic E-state index is 0.250. The van der Waals surface area contributed by atoms with Crippen molar-refractivity contribution in [1.29, 1.82) is 0 Å². The van der Waals surface area contributed by atoms with Crippen molar-refractivity contribution in [3.05, 3.63) is 95.6 Å². The molecule has 0 spiro atoms. The molecule has 50 heavy (non-hydrogen) atoms. The summed E-state index contributed by atoms with van der Waals surface area (Å²) in [5.41, 5.74) is 3.31. The zero-order valence-corrected chi connectivity index (χ0v) is 30.5. The summed E-state index contributed by atoms with van der Waals surface area (Å²) in [6.45, 7) is 13.9. The number of hydrogen-bond donors (Lipinski definition) is 4. The highest BCUT2D eigenvalue weighted by Gasteiger charge is 2.27. The maximum Gasteiger partial charge on any atom is 0.329 e. The van der Waals surface area contributed by atoms with Crippen molar-refractivity contribution in [2.24, 2.45) is 11.8 Å². The van der Waals surface area contributed by atoms with E-state index in [-0.39, 0.29) is 25.0 Å². The number of hydrogen-bond acceptors (Lipinski definition) is 6. The molecule has 4 N–H and O–H groups in total. The number of carbonyl (C=O) groups excluding carboxylic acids is 4. The molecule has 2 unspecified atom stereocenters. The van der Waals surface area contributed by atoms with Gasteiger partial charge in [0.05, 0.1) is 6.10 Å². The van der Waals surface area contributed by atoms with Gasteiger partial charge in [0, 0.05) is 24.2 Å². The molecule has 3 aromatic rings. The second-order valence-electron chi connectivity index (χ2n) is 13.7. The number of amides is 4. The Morgan fingerprint density at radius 3 is 1.64 bits per heavy atom. The fraction of sp³-hybridized carbons (Fsp3) is 0.450. The predicted molar refractivity (Wildman–Crippen MR) is 198 cm³/mol. The molecule has 3 aromatic carbocycles. The van der Waals surface area contributed by atoms with Gasteiger partial charge in [-0.3, -0.25) is 0 Å². The molecule has 0 radical (unpaired) electrons. The Balaban J connectivity index is 1.71. The Morgan fingerprint density at radius 2 is 1.14 bits per heavy atom. The van der Waals surface area contributed by atoms with Gasteiger partial charge in [0.2, 0.25) is 0 Å². The molecule has 0 heterocycles. The third-order valence-electron chi connectivity index (χ3n) is 8.08. The van der Waals surface area contributed by atoms with Crippen molar-refractivity contribution in [2.45, 2.75) is 105 Å². The van der Waals surface area contributed by atoms with Crippen LogP contribution in [0.5, 0.6) is 0 Å². The molecule has 10 heteroatoms.